The number of esters is 1. The molecule has 0 saturated heterocycles. The Hall–Kier alpha value is -1.07. The highest BCUT2D eigenvalue weighted by atomic mass is 79.9. The van der Waals surface area contributed by atoms with Crippen LogP contribution in [-0.2, 0) is 20.7 Å². The molecule has 0 fully saturated rings. The summed E-state index contributed by atoms with van der Waals surface area (Å²) in [6.07, 6.45) is 0.716. The van der Waals surface area contributed by atoms with Crippen LogP contribution in [0.5, 0.6) is 0 Å². The summed E-state index contributed by atoms with van der Waals surface area (Å²) >= 11 is 9.54. The van der Waals surface area contributed by atoms with Gasteiger partial charge in [0.15, 0.2) is 0 Å². The molecule has 0 saturated carbocycles. The summed E-state index contributed by atoms with van der Waals surface area (Å²) in [5.74, 6) is -0.335. The number of ether oxygens (including phenoxy) is 1. The van der Waals surface area contributed by atoms with Crippen molar-refractivity contribution in [1.29, 1.82) is 0 Å². The lowest BCUT2D eigenvalue weighted by Gasteiger charge is -2.23. The minimum absolute atomic E-state index is 0.0493. The molecule has 1 unspecified atom stereocenters. The first-order valence-corrected chi connectivity index (χ1v) is 8.60. The second kappa shape index (κ2) is 9.85. The van der Waals surface area contributed by atoms with E-state index >= 15 is 0 Å². The molecule has 1 aromatic rings. The molecule has 1 rings (SSSR count). The Labute approximate surface area is 144 Å². The van der Waals surface area contributed by atoms with Crippen LogP contribution in [-0.4, -0.2) is 41.3 Å². The summed E-state index contributed by atoms with van der Waals surface area (Å²) in [4.78, 5) is 25.1. The third-order valence-electron chi connectivity index (χ3n) is 3.21. The van der Waals surface area contributed by atoms with E-state index in [1.807, 2.05) is 25.1 Å². The molecule has 0 heterocycles. The minimum atomic E-state index is -0.366. The van der Waals surface area contributed by atoms with Crippen LogP contribution in [0, 0.1) is 0 Å². The van der Waals surface area contributed by atoms with Crippen LogP contribution >= 0.6 is 27.5 Å². The average Bonchev–Trinajstić information content (AvgIpc) is 2.50. The van der Waals surface area contributed by atoms with Crippen LogP contribution in [0.1, 0.15) is 25.8 Å². The normalized spacial score (nSPS) is 11.8. The van der Waals surface area contributed by atoms with Crippen molar-refractivity contribution < 1.29 is 14.3 Å². The van der Waals surface area contributed by atoms with Crippen molar-refractivity contribution >= 4 is 39.4 Å². The SMILES string of the molecule is CCOC(=O)CCN(CC)C(=O)C(Br)Cc1ccccc1Cl. The molecule has 0 aliphatic rings. The van der Waals surface area contributed by atoms with Crippen molar-refractivity contribution in [3.8, 4) is 0 Å². The predicted octanol–water partition coefficient (Wildman–Crippen LogP) is 3.45. The lowest BCUT2D eigenvalue weighted by molar-refractivity contribution is -0.144. The molecule has 0 aliphatic carbocycles. The van der Waals surface area contributed by atoms with Gasteiger partial charge in [0.2, 0.25) is 5.91 Å². The highest BCUT2D eigenvalue weighted by molar-refractivity contribution is 9.10. The Balaban J connectivity index is 2.59. The van der Waals surface area contributed by atoms with Crippen LogP contribution in [0.3, 0.4) is 0 Å². The molecular formula is C16H21BrClNO3. The monoisotopic (exact) mass is 389 g/mol. The van der Waals surface area contributed by atoms with Crippen LogP contribution in [0.25, 0.3) is 0 Å². The fraction of sp³-hybridized carbons (Fsp3) is 0.500. The number of hydrogen-bond acceptors (Lipinski definition) is 3. The van der Waals surface area contributed by atoms with Gasteiger partial charge < -0.3 is 9.64 Å². The smallest absolute Gasteiger partial charge is 0.307 e. The van der Waals surface area contributed by atoms with Crippen molar-refractivity contribution in [3.05, 3.63) is 34.9 Å². The first kappa shape index (κ1) is 19.0. The number of carbonyl (C=O) groups excluding carboxylic acids is 2. The Bertz CT molecular complexity index is 510. The highest BCUT2D eigenvalue weighted by Gasteiger charge is 2.22. The van der Waals surface area contributed by atoms with E-state index < -0.39 is 0 Å². The largest absolute Gasteiger partial charge is 0.466 e. The topological polar surface area (TPSA) is 46.6 Å². The predicted molar refractivity (Wildman–Crippen MR) is 91.4 cm³/mol. The van der Waals surface area contributed by atoms with Gasteiger partial charge in [-0.25, -0.2) is 0 Å². The van der Waals surface area contributed by atoms with Gasteiger partial charge in [-0.1, -0.05) is 45.7 Å². The number of rotatable bonds is 8. The van der Waals surface area contributed by atoms with Gasteiger partial charge >= 0.3 is 5.97 Å². The molecule has 122 valence electrons. The molecule has 0 bridgehead atoms. The molecule has 4 nitrogen and oxygen atoms in total. The molecule has 1 amide bonds. The molecular weight excluding hydrogens is 370 g/mol. The Morgan fingerprint density at radius 2 is 2.00 bits per heavy atom. The maximum absolute atomic E-state index is 12.4. The van der Waals surface area contributed by atoms with Crippen molar-refractivity contribution in [3.63, 3.8) is 0 Å². The molecule has 22 heavy (non-hydrogen) atoms. The van der Waals surface area contributed by atoms with E-state index in [2.05, 4.69) is 15.9 Å². The van der Waals surface area contributed by atoms with Crippen molar-refractivity contribution in [2.45, 2.75) is 31.5 Å². The van der Waals surface area contributed by atoms with Gasteiger partial charge in [0, 0.05) is 18.1 Å². The van der Waals surface area contributed by atoms with Crippen molar-refractivity contribution in [2.24, 2.45) is 0 Å². The zero-order chi connectivity index (χ0) is 16.5. The van der Waals surface area contributed by atoms with Crippen molar-refractivity contribution in [2.75, 3.05) is 19.7 Å². The molecule has 1 atom stereocenters. The molecule has 0 N–H and O–H groups in total. The van der Waals surface area contributed by atoms with Crippen LogP contribution in [0.15, 0.2) is 24.3 Å². The highest BCUT2D eigenvalue weighted by Crippen LogP contribution is 2.20. The van der Waals surface area contributed by atoms with E-state index in [1.165, 1.54) is 0 Å². The number of halogens is 2. The van der Waals surface area contributed by atoms with Gasteiger partial charge in [-0.15, -0.1) is 0 Å². The Morgan fingerprint density at radius 1 is 1.32 bits per heavy atom. The standard InChI is InChI=1S/C16H21BrClNO3/c1-3-19(10-9-15(20)22-4-2)16(21)13(17)11-12-7-5-6-8-14(12)18/h5-8,13H,3-4,9-11H2,1-2H3. The molecule has 0 aliphatic heterocycles. The lowest BCUT2D eigenvalue weighted by atomic mass is 10.1. The summed E-state index contributed by atoms with van der Waals surface area (Å²) in [5, 5.41) is 0.648. The molecule has 6 heteroatoms. The molecule has 1 aromatic carbocycles. The number of amides is 1. The van der Waals surface area contributed by atoms with E-state index in [-0.39, 0.29) is 23.1 Å². The summed E-state index contributed by atoms with van der Waals surface area (Å²) in [6.45, 7) is 4.91. The second-order valence-corrected chi connectivity index (χ2v) is 6.25. The number of nitrogens with zero attached hydrogens (tertiary/aromatic N) is 1. The Kier molecular flexibility index (Phi) is 8.49. The van der Waals surface area contributed by atoms with Crippen LogP contribution in [0.4, 0.5) is 0 Å². The van der Waals surface area contributed by atoms with Gasteiger partial charge in [0.1, 0.15) is 0 Å². The molecule has 0 spiro atoms. The van der Waals surface area contributed by atoms with Crippen LogP contribution in [0.2, 0.25) is 5.02 Å². The number of hydrogen-bond donors (Lipinski definition) is 0. The summed E-state index contributed by atoms with van der Waals surface area (Å²) < 4.78 is 4.88. The quantitative estimate of drug-likeness (QED) is 0.504. The fourth-order valence-electron chi connectivity index (χ4n) is 2.03. The molecule has 0 aromatic heterocycles. The average molecular weight is 391 g/mol. The van der Waals surface area contributed by atoms with E-state index in [9.17, 15) is 9.59 Å². The fourth-order valence-corrected chi connectivity index (χ4v) is 2.88. The van der Waals surface area contributed by atoms with E-state index in [0.29, 0.717) is 31.1 Å². The van der Waals surface area contributed by atoms with Gasteiger partial charge in [-0.2, -0.15) is 0 Å². The zero-order valence-corrected chi connectivity index (χ0v) is 15.2. The third kappa shape index (κ3) is 5.97. The first-order chi connectivity index (χ1) is 10.5. The molecule has 0 radical (unpaired) electrons. The summed E-state index contributed by atoms with van der Waals surface area (Å²) in [5.41, 5.74) is 0.917. The van der Waals surface area contributed by atoms with E-state index in [4.69, 9.17) is 16.3 Å². The maximum Gasteiger partial charge on any atom is 0.307 e. The maximum atomic E-state index is 12.4. The lowest BCUT2D eigenvalue weighted by Crippen LogP contribution is -2.38. The van der Waals surface area contributed by atoms with Gasteiger partial charge in [-0.05, 0) is 31.9 Å². The van der Waals surface area contributed by atoms with E-state index in [0.717, 1.165) is 5.56 Å². The summed E-state index contributed by atoms with van der Waals surface area (Å²) in [7, 11) is 0. The van der Waals surface area contributed by atoms with E-state index in [1.54, 1.807) is 17.9 Å². The third-order valence-corrected chi connectivity index (χ3v) is 4.29. The van der Waals surface area contributed by atoms with Gasteiger partial charge in [-0.3, -0.25) is 9.59 Å². The van der Waals surface area contributed by atoms with Crippen LogP contribution < -0.4 is 0 Å². The first-order valence-electron chi connectivity index (χ1n) is 7.31. The summed E-state index contributed by atoms with van der Waals surface area (Å²) in [6, 6.07) is 7.45. The Morgan fingerprint density at radius 3 is 2.59 bits per heavy atom. The number of carbonyl (C=O) groups is 2. The van der Waals surface area contributed by atoms with Gasteiger partial charge in [0.25, 0.3) is 0 Å². The number of benzene rings is 1. The van der Waals surface area contributed by atoms with Gasteiger partial charge in [0.05, 0.1) is 17.9 Å². The number of alkyl halides is 1. The minimum Gasteiger partial charge on any atom is -0.466 e. The second-order valence-electron chi connectivity index (χ2n) is 4.74. The van der Waals surface area contributed by atoms with Crippen molar-refractivity contribution in [1.82, 2.24) is 4.90 Å². The zero-order valence-electron chi connectivity index (χ0n) is 12.9.